The Bertz CT molecular complexity index is 1200. The highest BCUT2D eigenvalue weighted by Crippen LogP contribution is 2.54. The third-order valence-electron chi connectivity index (χ3n) is 7.15. The number of benzene rings is 1. The van der Waals surface area contributed by atoms with Gasteiger partial charge in [-0.3, -0.25) is 18.1 Å². The fourth-order valence-corrected chi connectivity index (χ4v) is 6.99. The second kappa shape index (κ2) is 15.0. The fraction of sp³-hybridized carbons (Fsp3) is 0.677. The van der Waals surface area contributed by atoms with Crippen LogP contribution in [0.25, 0.3) is 0 Å². The lowest BCUT2D eigenvalue weighted by Gasteiger charge is -2.37. The van der Waals surface area contributed by atoms with Gasteiger partial charge in [0, 0.05) is 67.2 Å². The average Bonchev–Trinajstić information content (AvgIpc) is 2.87. The molecule has 1 aromatic rings. The molecule has 240 valence electrons. The van der Waals surface area contributed by atoms with Crippen molar-refractivity contribution in [2.75, 3.05) is 28.0 Å². The van der Waals surface area contributed by atoms with Crippen LogP contribution in [0.5, 0.6) is 11.5 Å². The highest BCUT2D eigenvalue weighted by atomic mass is 31.2. The van der Waals surface area contributed by atoms with Crippen molar-refractivity contribution in [3.8, 4) is 11.5 Å². The Morgan fingerprint density at radius 3 is 1.98 bits per heavy atom. The van der Waals surface area contributed by atoms with E-state index in [1.54, 1.807) is 27.7 Å². The first-order valence-corrected chi connectivity index (χ1v) is 18.0. The van der Waals surface area contributed by atoms with E-state index in [2.05, 4.69) is 26.5 Å². The van der Waals surface area contributed by atoms with Crippen molar-refractivity contribution in [3.63, 3.8) is 0 Å². The maximum Gasteiger partial charge on any atom is 0.477 e. The summed E-state index contributed by atoms with van der Waals surface area (Å²) < 4.78 is 65.7. The van der Waals surface area contributed by atoms with Gasteiger partial charge in [0.1, 0.15) is 11.5 Å². The van der Waals surface area contributed by atoms with Crippen molar-refractivity contribution in [1.29, 1.82) is 0 Å². The number of unbranched alkanes of at least 4 members (excludes halogenated alkanes) is 2. The molecule has 0 aliphatic heterocycles. The van der Waals surface area contributed by atoms with Crippen LogP contribution in [0.1, 0.15) is 97.6 Å². The molecule has 0 aromatic heterocycles. The molecule has 0 saturated heterocycles. The van der Waals surface area contributed by atoms with Gasteiger partial charge in [-0.25, -0.2) is 9.09 Å². The zero-order valence-electron chi connectivity index (χ0n) is 27.4. The van der Waals surface area contributed by atoms with E-state index >= 15 is 0 Å². The minimum atomic E-state index is -3.88. The normalized spacial score (nSPS) is 19.6. The van der Waals surface area contributed by atoms with Crippen molar-refractivity contribution < 1.29 is 41.2 Å². The van der Waals surface area contributed by atoms with Gasteiger partial charge in [0.05, 0.1) is 0 Å². The Morgan fingerprint density at radius 2 is 1.50 bits per heavy atom. The number of ether oxygens (including phenoxy) is 2. The lowest BCUT2D eigenvalue weighted by molar-refractivity contribution is -0.102. The van der Waals surface area contributed by atoms with Crippen LogP contribution in [-0.2, 0) is 38.2 Å². The Balaban J connectivity index is 2.83. The molecule has 1 aliphatic rings. The van der Waals surface area contributed by atoms with Gasteiger partial charge in [0.15, 0.2) is 0 Å². The molecule has 0 radical (unpaired) electrons. The minimum absolute atomic E-state index is 0.109. The molecule has 1 aromatic carbocycles. The van der Waals surface area contributed by atoms with Crippen molar-refractivity contribution in [3.05, 3.63) is 47.1 Å². The monoisotopic (exact) mass is 630 g/mol. The topological polar surface area (TPSA) is 98.8 Å². The summed E-state index contributed by atoms with van der Waals surface area (Å²) in [5.41, 5.74) is 4.04. The molecule has 0 saturated carbocycles. The molecule has 0 bridgehead atoms. The smallest absolute Gasteiger partial charge is 0.462 e. The predicted octanol–water partition coefficient (Wildman–Crippen LogP) is 9.57. The number of aryl methyl sites for hydroxylation is 1. The van der Waals surface area contributed by atoms with Crippen LogP contribution >= 0.6 is 15.4 Å². The third kappa shape index (κ3) is 10.6. The maximum atomic E-state index is 12.9. The Labute approximate surface area is 253 Å². The van der Waals surface area contributed by atoms with Crippen LogP contribution in [0.15, 0.2) is 35.9 Å². The van der Waals surface area contributed by atoms with Crippen LogP contribution in [0, 0.1) is 5.92 Å². The standard InChI is InChI=1S/C31H52O9P2/c1-13-14-15-16-24-20-27(37-30(5,6)39-41(12,32)34-9)29(26-19-23(4)17-18-25(26)22(2)3)28(21-24)38-31(7,8)40-42(33,35-10)36-11/h19-21,25-26H,2,13-18H2,1,3-12H3. The second-order valence-corrected chi connectivity index (χ2v) is 15.8. The first kappa shape index (κ1) is 36.8. The number of phosphoric ester groups is 1. The van der Waals surface area contributed by atoms with E-state index in [0.717, 1.165) is 55.2 Å². The van der Waals surface area contributed by atoms with Gasteiger partial charge in [-0.15, -0.1) is 0 Å². The molecule has 0 fully saturated rings. The molecule has 42 heavy (non-hydrogen) atoms. The quantitative estimate of drug-likeness (QED) is 0.0721. The van der Waals surface area contributed by atoms with Crippen molar-refractivity contribution in [2.45, 2.75) is 104 Å². The van der Waals surface area contributed by atoms with Gasteiger partial charge in [0.2, 0.25) is 11.6 Å². The summed E-state index contributed by atoms with van der Waals surface area (Å²) in [4.78, 5) is 0. The molecule has 2 rings (SSSR count). The van der Waals surface area contributed by atoms with E-state index in [1.807, 2.05) is 19.1 Å². The molecule has 0 N–H and O–H groups in total. The van der Waals surface area contributed by atoms with Crippen molar-refractivity contribution in [2.24, 2.45) is 5.92 Å². The van der Waals surface area contributed by atoms with Crippen LogP contribution < -0.4 is 9.47 Å². The van der Waals surface area contributed by atoms with E-state index < -0.39 is 27.0 Å². The summed E-state index contributed by atoms with van der Waals surface area (Å²) in [6.07, 6.45) is 7.99. The lowest BCUT2D eigenvalue weighted by atomic mass is 9.73. The summed E-state index contributed by atoms with van der Waals surface area (Å²) in [6, 6.07) is 4.00. The highest BCUT2D eigenvalue weighted by molar-refractivity contribution is 7.53. The van der Waals surface area contributed by atoms with E-state index in [4.69, 9.17) is 32.1 Å². The first-order chi connectivity index (χ1) is 19.4. The van der Waals surface area contributed by atoms with E-state index in [-0.39, 0.29) is 11.8 Å². The number of allylic oxidation sites excluding steroid dienone is 3. The molecule has 0 amide bonds. The molecular formula is C31H52O9P2. The molecule has 0 spiro atoms. The summed E-state index contributed by atoms with van der Waals surface area (Å²) >= 11 is 0. The highest BCUT2D eigenvalue weighted by Gasteiger charge is 2.39. The predicted molar refractivity (Wildman–Crippen MR) is 167 cm³/mol. The van der Waals surface area contributed by atoms with E-state index in [1.165, 1.54) is 33.6 Å². The van der Waals surface area contributed by atoms with E-state index in [9.17, 15) is 9.13 Å². The van der Waals surface area contributed by atoms with E-state index in [0.29, 0.717) is 11.5 Å². The number of phosphoric acid groups is 1. The summed E-state index contributed by atoms with van der Waals surface area (Å²) in [7, 11) is -3.41. The summed E-state index contributed by atoms with van der Waals surface area (Å²) in [6.45, 7) is 18.7. The zero-order valence-corrected chi connectivity index (χ0v) is 29.2. The van der Waals surface area contributed by atoms with Crippen LogP contribution in [0.3, 0.4) is 0 Å². The Kier molecular flexibility index (Phi) is 13.2. The number of hydrogen-bond acceptors (Lipinski definition) is 9. The van der Waals surface area contributed by atoms with Crippen molar-refractivity contribution in [1.82, 2.24) is 0 Å². The fourth-order valence-electron chi connectivity index (χ4n) is 5.20. The minimum Gasteiger partial charge on any atom is -0.462 e. The number of hydrogen-bond donors (Lipinski definition) is 0. The summed E-state index contributed by atoms with van der Waals surface area (Å²) in [5, 5.41) is 0. The molecule has 3 unspecified atom stereocenters. The third-order valence-corrected chi connectivity index (χ3v) is 10.1. The molecule has 11 heteroatoms. The van der Waals surface area contributed by atoms with Gasteiger partial charge >= 0.3 is 15.4 Å². The van der Waals surface area contributed by atoms with Crippen LogP contribution in [-0.4, -0.2) is 39.6 Å². The maximum absolute atomic E-state index is 12.9. The van der Waals surface area contributed by atoms with Gasteiger partial charge in [-0.2, -0.15) is 0 Å². The van der Waals surface area contributed by atoms with Crippen molar-refractivity contribution >= 4 is 15.4 Å². The Hall–Kier alpha value is -1.44. The molecule has 1 aliphatic carbocycles. The lowest BCUT2D eigenvalue weighted by Crippen LogP contribution is -2.34. The van der Waals surface area contributed by atoms with Crippen LogP contribution in [0.4, 0.5) is 0 Å². The van der Waals surface area contributed by atoms with Gasteiger partial charge in [-0.05, 0) is 63.1 Å². The van der Waals surface area contributed by atoms with Gasteiger partial charge < -0.3 is 14.0 Å². The van der Waals surface area contributed by atoms with Gasteiger partial charge in [0.25, 0.3) is 0 Å². The SMILES string of the molecule is C=C(C)C1CCC(C)=CC1c1c(OC(C)(C)OP(C)(=O)OC)cc(CCCCC)cc1OC(C)(C)OP(=O)(OC)OC. The average molecular weight is 631 g/mol. The summed E-state index contributed by atoms with van der Waals surface area (Å²) in [5.74, 6) is -1.73. The zero-order chi connectivity index (χ0) is 31.9. The Morgan fingerprint density at radius 1 is 0.952 bits per heavy atom. The second-order valence-electron chi connectivity index (χ2n) is 11.9. The molecular weight excluding hydrogens is 578 g/mol. The van der Waals surface area contributed by atoms with Crippen LogP contribution in [0.2, 0.25) is 0 Å². The number of rotatable bonds is 17. The largest absolute Gasteiger partial charge is 0.477 e. The van der Waals surface area contributed by atoms with Gasteiger partial charge in [-0.1, -0.05) is 43.6 Å². The molecule has 3 atom stereocenters. The first-order valence-electron chi connectivity index (χ1n) is 14.5. The molecule has 9 nitrogen and oxygen atoms in total. The molecule has 0 heterocycles.